The number of aromatic nitrogens is 3. The van der Waals surface area contributed by atoms with Crippen molar-refractivity contribution in [3.05, 3.63) is 111 Å². The normalized spacial score (nSPS) is 17.4. The van der Waals surface area contributed by atoms with E-state index in [-0.39, 0.29) is 11.8 Å². The van der Waals surface area contributed by atoms with Crippen LogP contribution in [0.1, 0.15) is 40.4 Å². The Morgan fingerprint density at radius 3 is 2.53 bits per heavy atom. The van der Waals surface area contributed by atoms with Gasteiger partial charge in [-0.2, -0.15) is 0 Å². The quantitative estimate of drug-likeness (QED) is 0.441. The molecule has 6 nitrogen and oxygen atoms in total. The molecule has 0 fully saturated rings. The lowest BCUT2D eigenvalue weighted by Gasteiger charge is -2.35. The highest BCUT2D eigenvalue weighted by Gasteiger charge is 2.38. The number of benzene rings is 2. The van der Waals surface area contributed by atoms with Crippen molar-refractivity contribution in [1.29, 1.82) is 0 Å². The Morgan fingerprint density at radius 2 is 1.85 bits per heavy atom. The summed E-state index contributed by atoms with van der Waals surface area (Å²) in [7, 11) is 3.70. The highest BCUT2D eigenvalue weighted by Crippen LogP contribution is 2.43. The van der Waals surface area contributed by atoms with Gasteiger partial charge < -0.3 is 15.2 Å². The summed E-state index contributed by atoms with van der Waals surface area (Å²) in [5.41, 5.74) is 11.2. The number of anilines is 1. The molecule has 0 saturated carbocycles. The van der Waals surface area contributed by atoms with Crippen LogP contribution in [0.2, 0.25) is 10.0 Å². The van der Waals surface area contributed by atoms with Crippen LogP contribution < -0.4 is 10.6 Å². The molecule has 2 atom stereocenters. The Morgan fingerprint density at radius 1 is 1.03 bits per heavy atom. The number of imidazole rings is 1. The molecule has 0 aliphatic carbocycles. The third-order valence-electron chi connectivity index (χ3n) is 6.58. The number of fused-ring (bicyclic) bond motifs is 1. The van der Waals surface area contributed by atoms with Crippen molar-refractivity contribution >= 4 is 34.8 Å². The zero-order valence-electron chi connectivity index (χ0n) is 18.7. The summed E-state index contributed by atoms with van der Waals surface area (Å²) >= 11 is 12.4. The number of nitrogens with two attached hydrogens (primary N) is 1. The smallest absolute Gasteiger partial charge is 0.227 e. The fraction of sp³-hybridized carbons (Fsp3) is 0.192. The van der Waals surface area contributed by atoms with Gasteiger partial charge in [-0.05, 0) is 47.0 Å². The highest BCUT2D eigenvalue weighted by atomic mass is 35.5. The van der Waals surface area contributed by atoms with Gasteiger partial charge in [-0.15, -0.1) is 0 Å². The van der Waals surface area contributed by atoms with E-state index in [2.05, 4.69) is 16.0 Å². The van der Waals surface area contributed by atoms with E-state index >= 15 is 0 Å². The second kappa shape index (κ2) is 8.55. The van der Waals surface area contributed by atoms with E-state index in [1.54, 1.807) is 36.7 Å². The molecular formula is C26H23Cl2N5O. The number of nitrogens with zero attached hydrogens (tertiary/aromatic N) is 4. The summed E-state index contributed by atoms with van der Waals surface area (Å²) in [6.07, 6.45) is 5.40. The molecule has 5 rings (SSSR count). The minimum Gasteiger partial charge on any atom is -0.335 e. The van der Waals surface area contributed by atoms with E-state index in [4.69, 9.17) is 28.9 Å². The third-order valence-corrected chi connectivity index (χ3v) is 7.03. The topological polar surface area (TPSA) is 77.0 Å². The zero-order valence-corrected chi connectivity index (χ0v) is 20.3. The van der Waals surface area contributed by atoms with Crippen molar-refractivity contribution in [2.24, 2.45) is 12.8 Å². The van der Waals surface area contributed by atoms with Crippen LogP contribution in [0.3, 0.4) is 0 Å². The monoisotopic (exact) mass is 491 g/mol. The summed E-state index contributed by atoms with van der Waals surface area (Å²) < 4.78 is 1.89. The predicted molar refractivity (Wildman–Crippen MR) is 134 cm³/mol. The molecule has 0 bridgehead atoms. The maximum Gasteiger partial charge on any atom is 0.227 e. The predicted octanol–water partition coefficient (Wildman–Crippen LogP) is 4.87. The number of hydrogen-bond acceptors (Lipinski definition) is 4. The Kier molecular flexibility index (Phi) is 5.68. The van der Waals surface area contributed by atoms with Crippen LogP contribution in [0, 0.1) is 0 Å². The Labute approximate surface area is 208 Å². The molecule has 0 radical (unpaired) electrons. The van der Waals surface area contributed by atoms with Crippen LogP contribution in [0.4, 0.5) is 5.69 Å². The number of carbonyl (C=O) groups excluding carboxylic acids is 1. The maximum absolute atomic E-state index is 12.8. The summed E-state index contributed by atoms with van der Waals surface area (Å²) in [6.45, 7) is 0. The molecule has 2 unspecified atom stereocenters. The van der Waals surface area contributed by atoms with Gasteiger partial charge in [0, 0.05) is 43.3 Å². The second-order valence-corrected chi connectivity index (χ2v) is 9.47. The molecular weight excluding hydrogens is 469 g/mol. The Balaban J connectivity index is 1.74. The van der Waals surface area contributed by atoms with Crippen molar-refractivity contribution in [1.82, 2.24) is 14.5 Å². The zero-order chi connectivity index (χ0) is 24.0. The Hall–Kier alpha value is -3.19. The minimum absolute atomic E-state index is 0.0511. The number of amides is 1. The molecule has 2 aromatic carbocycles. The lowest BCUT2D eigenvalue weighted by Crippen LogP contribution is -2.42. The highest BCUT2D eigenvalue weighted by molar-refractivity contribution is 6.30. The summed E-state index contributed by atoms with van der Waals surface area (Å²) in [5.74, 6) is -0.0958. The average molecular weight is 492 g/mol. The number of halogens is 2. The van der Waals surface area contributed by atoms with Gasteiger partial charge in [-0.3, -0.25) is 9.78 Å². The third kappa shape index (κ3) is 3.68. The molecule has 2 N–H and O–H groups in total. The first-order valence-corrected chi connectivity index (χ1v) is 11.6. The van der Waals surface area contributed by atoms with Crippen LogP contribution in [0.25, 0.3) is 0 Å². The SMILES string of the molecule is CN1C(=O)CC(c2cccc(Cl)c2)c2cc(C(N)(c3ccc(Cl)cn3)c3cncn3C)ccc21. The van der Waals surface area contributed by atoms with Gasteiger partial charge in [-0.25, -0.2) is 4.98 Å². The van der Waals surface area contributed by atoms with Crippen LogP contribution in [-0.4, -0.2) is 27.5 Å². The van der Waals surface area contributed by atoms with Crippen LogP contribution >= 0.6 is 23.2 Å². The first-order valence-electron chi connectivity index (χ1n) is 10.8. The Bertz CT molecular complexity index is 1380. The van der Waals surface area contributed by atoms with E-state index in [0.29, 0.717) is 22.2 Å². The molecule has 34 heavy (non-hydrogen) atoms. The molecule has 8 heteroatoms. The number of rotatable bonds is 4. The summed E-state index contributed by atoms with van der Waals surface area (Å²) in [5, 5.41) is 1.16. The van der Waals surface area contributed by atoms with Gasteiger partial charge in [0.05, 0.1) is 28.9 Å². The average Bonchev–Trinajstić information content (AvgIpc) is 3.27. The lowest BCUT2D eigenvalue weighted by atomic mass is 9.78. The lowest BCUT2D eigenvalue weighted by molar-refractivity contribution is -0.118. The molecule has 2 aromatic heterocycles. The minimum atomic E-state index is -1.09. The first-order chi connectivity index (χ1) is 16.3. The van der Waals surface area contributed by atoms with E-state index in [9.17, 15) is 4.79 Å². The van der Waals surface area contributed by atoms with Gasteiger partial charge in [0.1, 0.15) is 5.54 Å². The van der Waals surface area contributed by atoms with E-state index < -0.39 is 5.54 Å². The number of pyridine rings is 1. The fourth-order valence-electron chi connectivity index (χ4n) is 4.73. The van der Waals surface area contributed by atoms with E-state index in [1.165, 1.54) is 0 Å². The standard InChI is InChI=1S/C26H23Cl2N5O/c1-32-15-30-14-24(32)26(29,23-9-7-19(28)13-31-23)17-6-8-22-21(11-17)20(12-25(34)33(22)2)16-4-3-5-18(27)10-16/h3-11,13-15,20H,12,29H2,1-2H3. The van der Waals surface area contributed by atoms with Crippen molar-refractivity contribution in [2.75, 3.05) is 11.9 Å². The summed E-state index contributed by atoms with van der Waals surface area (Å²) in [4.78, 5) is 23.4. The van der Waals surface area contributed by atoms with Crippen molar-refractivity contribution in [3.63, 3.8) is 0 Å². The van der Waals surface area contributed by atoms with Crippen LogP contribution in [0.5, 0.6) is 0 Å². The second-order valence-electron chi connectivity index (χ2n) is 8.60. The summed E-state index contributed by atoms with van der Waals surface area (Å²) in [6, 6.07) is 17.2. The number of carbonyl (C=O) groups is 1. The van der Waals surface area contributed by atoms with Crippen molar-refractivity contribution in [2.45, 2.75) is 17.9 Å². The van der Waals surface area contributed by atoms with Gasteiger partial charge in [0.25, 0.3) is 0 Å². The van der Waals surface area contributed by atoms with Crippen molar-refractivity contribution < 1.29 is 4.79 Å². The number of aryl methyl sites for hydroxylation is 1. The fourth-order valence-corrected chi connectivity index (χ4v) is 5.04. The molecule has 0 spiro atoms. The maximum atomic E-state index is 12.8. The molecule has 172 valence electrons. The van der Waals surface area contributed by atoms with Gasteiger partial charge in [0.2, 0.25) is 5.91 Å². The number of hydrogen-bond donors (Lipinski definition) is 1. The molecule has 1 aliphatic rings. The van der Waals surface area contributed by atoms with Gasteiger partial charge >= 0.3 is 0 Å². The first kappa shape index (κ1) is 22.6. The van der Waals surface area contributed by atoms with Gasteiger partial charge in [0.15, 0.2) is 0 Å². The largest absolute Gasteiger partial charge is 0.335 e. The van der Waals surface area contributed by atoms with Crippen LogP contribution in [-0.2, 0) is 17.4 Å². The van der Waals surface area contributed by atoms with E-state index in [0.717, 1.165) is 28.1 Å². The molecule has 4 aromatic rings. The van der Waals surface area contributed by atoms with Crippen molar-refractivity contribution in [3.8, 4) is 0 Å². The van der Waals surface area contributed by atoms with Crippen LogP contribution in [0.15, 0.2) is 73.3 Å². The molecule has 0 saturated heterocycles. The van der Waals surface area contributed by atoms with E-state index in [1.807, 2.05) is 54.1 Å². The molecule has 1 amide bonds. The molecule has 3 heterocycles. The van der Waals surface area contributed by atoms with Gasteiger partial charge in [-0.1, -0.05) is 47.5 Å². The molecule has 1 aliphatic heterocycles.